The quantitative estimate of drug-likeness (QED) is 0.786. The molecule has 20 heavy (non-hydrogen) atoms. The molecular weight excluding hydrogens is 246 g/mol. The number of nitrogens with zero attached hydrogens (tertiary/aromatic N) is 2. The van der Waals surface area contributed by atoms with Crippen LogP contribution in [-0.4, -0.2) is 16.3 Å². The summed E-state index contributed by atoms with van der Waals surface area (Å²) in [6, 6.07) is 18.6. The van der Waals surface area contributed by atoms with Gasteiger partial charge in [0.05, 0.1) is 11.9 Å². The lowest BCUT2D eigenvalue weighted by molar-refractivity contribution is 0.874. The summed E-state index contributed by atoms with van der Waals surface area (Å²) >= 11 is 0. The molecule has 2 N–H and O–H groups in total. The van der Waals surface area contributed by atoms with Crippen molar-refractivity contribution in [2.24, 2.45) is 5.73 Å². The third-order valence-electron chi connectivity index (χ3n) is 3.30. The lowest BCUT2D eigenvalue weighted by Crippen LogP contribution is -2.03. The van der Waals surface area contributed by atoms with Gasteiger partial charge >= 0.3 is 0 Å². The van der Waals surface area contributed by atoms with Crippen molar-refractivity contribution in [3.05, 3.63) is 72.6 Å². The van der Waals surface area contributed by atoms with Gasteiger partial charge in [-0.3, -0.25) is 0 Å². The van der Waals surface area contributed by atoms with Gasteiger partial charge in [0, 0.05) is 11.8 Å². The Morgan fingerprint density at radius 1 is 0.950 bits per heavy atom. The van der Waals surface area contributed by atoms with E-state index in [1.165, 1.54) is 11.1 Å². The predicted molar refractivity (Wildman–Crippen MR) is 81.8 cm³/mol. The first-order valence-corrected chi connectivity index (χ1v) is 6.76. The average Bonchev–Trinajstić information content (AvgIpc) is 2.99. The minimum atomic E-state index is 0.665. The molecule has 0 aliphatic carbocycles. The maximum absolute atomic E-state index is 5.61. The van der Waals surface area contributed by atoms with Crippen LogP contribution in [0.3, 0.4) is 0 Å². The molecule has 3 nitrogen and oxygen atoms in total. The fourth-order valence-corrected chi connectivity index (χ4v) is 2.26. The number of nitrogens with two attached hydrogens (primary N) is 1. The fourth-order valence-electron chi connectivity index (χ4n) is 2.26. The van der Waals surface area contributed by atoms with Crippen LogP contribution in [0.15, 0.2) is 67.0 Å². The van der Waals surface area contributed by atoms with Crippen LogP contribution in [0, 0.1) is 0 Å². The molecule has 0 radical (unpaired) electrons. The van der Waals surface area contributed by atoms with Crippen molar-refractivity contribution in [3.8, 4) is 16.8 Å². The van der Waals surface area contributed by atoms with E-state index in [0.717, 1.165) is 17.7 Å². The summed E-state index contributed by atoms with van der Waals surface area (Å²) in [5, 5.41) is 4.45. The maximum atomic E-state index is 5.61. The van der Waals surface area contributed by atoms with Crippen LogP contribution in [0.2, 0.25) is 0 Å². The highest BCUT2D eigenvalue weighted by Crippen LogP contribution is 2.20. The summed E-state index contributed by atoms with van der Waals surface area (Å²) in [4.78, 5) is 0. The zero-order chi connectivity index (χ0) is 13.8. The van der Waals surface area contributed by atoms with Gasteiger partial charge in [0.1, 0.15) is 0 Å². The Kier molecular flexibility index (Phi) is 3.61. The smallest absolute Gasteiger partial charge is 0.0648 e. The van der Waals surface area contributed by atoms with Crippen LogP contribution >= 0.6 is 0 Å². The Labute approximate surface area is 118 Å². The zero-order valence-corrected chi connectivity index (χ0v) is 11.2. The van der Waals surface area contributed by atoms with E-state index in [4.69, 9.17) is 5.73 Å². The molecule has 0 fully saturated rings. The number of rotatable bonds is 4. The molecule has 3 aromatic rings. The van der Waals surface area contributed by atoms with E-state index < -0.39 is 0 Å². The van der Waals surface area contributed by atoms with E-state index in [2.05, 4.69) is 41.6 Å². The number of benzene rings is 2. The third-order valence-corrected chi connectivity index (χ3v) is 3.30. The summed E-state index contributed by atoms with van der Waals surface area (Å²) in [6.07, 6.45) is 4.84. The molecule has 0 spiro atoms. The van der Waals surface area contributed by atoms with Crippen molar-refractivity contribution >= 4 is 0 Å². The second-order valence-electron chi connectivity index (χ2n) is 4.75. The SMILES string of the molecule is NCCc1cccc(-n2cc(-c3ccccc3)cn2)c1. The summed E-state index contributed by atoms with van der Waals surface area (Å²) < 4.78 is 1.91. The van der Waals surface area contributed by atoms with E-state index in [9.17, 15) is 0 Å². The lowest BCUT2D eigenvalue weighted by Gasteiger charge is -2.04. The standard InChI is InChI=1S/C17H17N3/c18-10-9-14-5-4-8-17(11-14)20-13-16(12-19-20)15-6-2-1-3-7-15/h1-8,11-13H,9-10,18H2. The highest BCUT2D eigenvalue weighted by molar-refractivity contribution is 5.62. The molecule has 0 aliphatic rings. The van der Waals surface area contributed by atoms with Gasteiger partial charge < -0.3 is 5.73 Å². The van der Waals surface area contributed by atoms with Crippen molar-refractivity contribution in [3.63, 3.8) is 0 Å². The van der Waals surface area contributed by atoms with Crippen LogP contribution in [0.5, 0.6) is 0 Å². The van der Waals surface area contributed by atoms with Crippen LogP contribution < -0.4 is 5.73 Å². The first-order chi connectivity index (χ1) is 9.86. The minimum Gasteiger partial charge on any atom is -0.330 e. The predicted octanol–water partition coefficient (Wildman–Crippen LogP) is 3.04. The molecule has 0 amide bonds. The van der Waals surface area contributed by atoms with E-state index in [-0.39, 0.29) is 0 Å². The van der Waals surface area contributed by atoms with Crippen molar-refractivity contribution < 1.29 is 0 Å². The average molecular weight is 263 g/mol. The minimum absolute atomic E-state index is 0.665. The highest BCUT2D eigenvalue weighted by atomic mass is 15.3. The molecule has 0 aliphatic heterocycles. The maximum Gasteiger partial charge on any atom is 0.0648 e. The second-order valence-corrected chi connectivity index (χ2v) is 4.75. The molecule has 0 unspecified atom stereocenters. The molecule has 0 saturated heterocycles. The molecule has 100 valence electrons. The molecule has 0 saturated carbocycles. The van der Waals surface area contributed by atoms with Crippen LogP contribution in [0.1, 0.15) is 5.56 Å². The van der Waals surface area contributed by atoms with Gasteiger partial charge in [0.2, 0.25) is 0 Å². The first-order valence-electron chi connectivity index (χ1n) is 6.76. The van der Waals surface area contributed by atoms with Gasteiger partial charge in [-0.2, -0.15) is 5.10 Å². The van der Waals surface area contributed by atoms with Crippen molar-refractivity contribution in [2.45, 2.75) is 6.42 Å². The van der Waals surface area contributed by atoms with Gasteiger partial charge in [-0.1, -0.05) is 42.5 Å². The largest absolute Gasteiger partial charge is 0.330 e. The fraction of sp³-hybridized carbons (Fsp3) is 0.118. The van der Waals surface area contributed by atoms with Gasteiger partial charge in [0.15, 0.2) is 0 Å². The molecule has 2 aromatic carbocycles. The number of aromatic nitrogens is 2. The Morgan fingerprint density at radius 3 is 2.60 bits per heavy atom. The van der Waals surface area contributed by atoms with E-state index >= 15 is 0 Å². The number of hydrogen-bond acceptors (Lipinski definition) is 2. The van der Waals surface area contributed by atoms with Crippen molar-refractivity contribution in [1.29, 1.82) is 0 Å². The Hall–Kier alpha value is -2.39. The summed E-state index contributed by atoms with van der Waals surface area (Å²) in [5.74, 6) is 0. The molecule has 1 aromatic heterocycles. The van der Waals surface area contributed by atoms with Gasteiger partial charge in [-0.25, -0.2) is 4.68 Å². The Morgan fingerprint density at radius 2 is 1.80 bits per heavy atom. The van der Waals surface area contributed by atoms with Crippen LogP contribution in [0.4, 0.5) is 0 Å². The molecular formula is C17H17N3. The molecule has 1 heterocycles. The van der Waals surface area contributed by atoms with Crippen LogP contribution in [0.25, 0.3) is 16.8 Å². The zero-order valence-electron chi connectivity index (χ0n) is 11.2. The molecule has 3 rings (SSSR count). The monoisotopic (exact) mass is 263 g/mol. The third kappa shape index (κ3) is 2.63. The summed E-state index contributed by atoms with van der Waals surface area (Å²) in [6.45, 7) is 0.665. The van der Waals surface area contributed by atoms with Crippen molar-refractivity contribution in [2.75, 3.05) is 6.54 Å². The van der Waals surface area contributed by atoms with E-state index in [1.807, 2.05) is 35.1 Å². The van der Waals surface area contributed by atoms with Crippen LogP contribution in [-0.2, 0) is 6.42 Å². The Bertz CT molecular complexity index is 686. The normalized spacial score (nSPS) is 10.7. The van der Waals surface area contributed by atoms with E-state index in [0.29, 0.717) is 6.54 Å². The topological polar surface area (TPSA) is 43.8 Å². The Balaban J connectivity index is 1.92. The second kappa shape index (κ2) is 5.72. The van der Waals surface area contributed by atoms with Gasteiger partial charge in [-0.15, -0.1) is 0 Å². The molecule has 3 heteroatoms. The highest BCUT2D eigenvalue weighted by Gasteiger charge is 2.03. The van der Waals surface area contributed by atoms with Gasteiger partial charge in [-0.05, 0) is 36.2 Å². The summed E-state index contributed by atoms with van der Waals surface area (Å²) in [5.41, 5.74) is 10.2. The molecule has 0 bridgehead atoms. The van der Waals surface area contributed by atoms with Crippen molar-refractivity contribution in [1.82, 2.24) is 9.78 Å². The summed E-state index contributed by atoms with van der Waals surface area (Å²) in [7, 11) is 0. The molecule has 0 atom stereocenters. The van der Waals surface area contributed by atoms with E-state index in [1.54, 1.807) is 0 Å². The van der Waals surface area contributed by atoms with Gasteiger partial charge in [0.25, 0.3) is 0 Å². The number of hydrogen-bond donors (Lipinski definition) is 1. The lowest BCUT2D eigenvalue weighted by atomic mass is 10.1. The first kappa shape index (κ1) is 12.6.